The van der Waals surface area contributed by atoms with Gasteiger partial charge < -0.3 is 16.4 Å². The summed E-state index contributed by atoms with van der Waals surface area (Å²) in [4.78, 5) is 36.7. The fourth-order valence-corrected chi connectivity index (χ4v) is 3.29. The highest BCUT2D eigenvalue weighted by Crippen LogP contribution is 2.21. The molecule has 0 bridgehead atoms. The second-order valence-corrected chi connectivity index (χ2v) is 7.79. The summed E-state index contributed by atoms with van der Waals surface area (Å²) in [5, 5.41) is 13.7. The molecule has 1 heterocycles. The first kappa shape index (κ1) is 23.8. The van der Waals surface area contributed by atoms with E-state index in [0.29, 0.717) is 10.6 Å². The standard InChI is InChI=1S/C20H20F2N4O4S/c1-11(27)25-20(2,19(21)22)16(18(29)26-30)24-17(28)13-6-3-12(4-7-13)5-8-14-9-10-15(23)31-14/h3-4,6-7,9-10,16,19,30H,23H2,1-2H3,(H,24,28)(H,25,27)(H,26,29)/t16-,20?/m1/s1. The van der Waals surface area contributed by atoms with E-state index in [9.17, 15) is 23.2 Å². The summed E-state index contributed by atoms with van der Waals surface area (Å²) in [6.45, 7) is 1.87. The minimum atomic E-state index is -3.23. The molecule has 0 aliphatic rings. The summed E-state index contributed by atoms with van der Waals surface area (Å²) in [5.74, 6) is 2.79. The van der Waals surface area contributed by atoms with Crippen LogP contribution in [0.5, 0.6) is 0 Å². The first-order valence-corrected chi connectivity index (χ1v) is 9.67. The Morgan fingerprint density at radius 1 is 1.13 bits per heavy atom. The number of hydrogen-bond acceptors (Lipinski definition) is 6. The molecule has 2 atom stereocenters. The molecule has 6 N–H and O–H groups in total. The molecule has 1 aromatic carbocycles. The molecule has 11 heteroatoms. The number of hydrogen-bond donors (Lipinski definition) is 5. The Hall–Kier alpha value is -3.49. The zero-order chi connectivity index (χ0) is 23.2. The number of nitrogens with one attached hydrogen (secondary N) is 3. The molecule has 1 unspecified atom stereocenters. The van der Waals surface area contributed by atoms with Crippen molar-refractivity contribution < 1.29 is 28.4 Å². The molecule has 164 valence electrons. The summed E-state index contributed by atoms with van der Waals surface area (Å²) >= 11 is 1.33. The molecule has 0 aliphatic heterocycles. The highest BCUT2D eigenvalue weighted by Gasteiger charge is 2.48. The van der Waals surface area contributed by atoms with E-state index < -0.39 is 35.7 Å². The van der Waals surface area contributed by atoms with E-state index >= 15 is 0 Å². The molecule has 1 aromatic heterocycles. The highest BCUT2D eigenvalue weighted by molar-refractivity contribution is 7.16. The number of anilines is 1. The van der Waals surface area contributed by atoms with E-state index in [2.05, 4.69) is 17.2 Å². The van der Waals surface area contributed by atoms with Crippen LogP contribution in [0.3, 0.4) is 0 Å². The van der Waals surface area contributed by atoms with Gasteiger partial charge in [0, 0.05) is 18.1 Å². The predicted octanol–water partition coefficient (Wildman–Crippen LogP) is 1.49. The minimum Gasteiger partial charge on any atom is -0.391 e. The van der Waals surface area contributed by atoms with E-state index in [-0.39, 0.29) is 5.56 Å². The number of nitrogens with two attached hydrogens (primary N) is 1. The van der Waals surface area contributed by atoms with Crippen LogP contribution in [0.15, 0.2) is 36.4 Å². The summed E-state index contributed by atoms with van der Waals surface area (Å²) in [5.41, 5.74) is 5.05. The third kappa shape index (κ3) is 6.00. The lowest BCUT2D eigenvalue weighted by Gasteiger charge is -2.36. The van der Waals surface area contributed by atoms with Crippen molar-refractivity contribution in [3.8, 4) is 11.8 Å². The number of amides is 3. The maximum Gasteiger partial charge on any atom is 0.268 e. The molecule has 8 nitrogen and oxygen atoms in total. The van der Waals surface area contributed by atoms with Gasteiger partial charge in [0.1, 0.15) is 11.6 Å². The fraction of sp³-hybridized carbons (Fsp3) is 0.250. The maximum atomic E-state index is 13.7. The molecule has 0 saturated carbocycles. The normalized spacial score (nSPS) is 13.4. The van der Waals surface area contributed by atoms with Gasteiger partial charge in [-0.1, -0.05) is 11.8 Å². The van der Waals surface area contributed by atoms with Gasteiger partial charge in [-0.25, -0.2) is 14.3 Å². The van der Waals surface area contributed by atoms with E-state index in [1.54, 1.807) is 24.3 Å². The van der Waals surface area contributed by atoms with Gasteiger partial charge in [0.15, 0.2) is 0 Å². The van der Waals surface area contributed by atoms with Crippen LogP contribution >= 0.6 is 11.3 Å². The number of benzene rings is 1. The summed E-state index contributed by atoms with van der Waals surface area (Å²) in [6, 6.07) is 7.42. The number of halogens is 2. The van der Waals surface area contributed by atoms with Gasteiger partial charge in [0.25, 0.3) is 18.2 Å². The van der Waals surface area contributed by atoms with Gasteiger partial charge in [-0.05, 0) is 43.3 Å². The summed E-state index contributed by atoms with van der Waals surface area (Å²) in [6.07, 6.45) is -3.23. The van der Waals surface area contributed by atoms with Crippen molar-refractivity contribution in [1.29, 1.82) is 0 Å². The third-order valence-corrected chi connectivity index (χ3v) is 5.08. The van der Waals surface area contributed by atoms with E-state index in [4.69, 9.17) is 10.9 Å². The number of rotatable bonds is 6. The Kier molecular flexibility index (Phi) is 7.68. The van der Waals surface area contributed by atoms with E-state index in [1.807, 2.05) is 5.32 Å². The molecule has 3 amide bonds. The van der Waals surface area contributed by atoms with Crippen LogP contribution in [0.25, 0.3) is 0 Å². The molecular formula is C20H20F2N4O4S. The molecule has 2 rings (SSSR count). The first-order valence-electron chi connectivity index (χ1n) is 8.86. The van der Waals surface area contributed by atoms with Crippen LogP contribution < -0.4 is 21.8 Å². The minimum absolute atomic E-state index is 0.0566. The fourth-order valence-electron chi connectivity index (χ4n) is 2.66. The topological polar surface area (TPSA) is 134 Å². The van der Waals surface area contributed by atoms with Crippen LogP contribution in [0.1, 0.15) is 34.6 Å². The molecule has 0 spiro atoms. The molecule has 31 heavy (non-hydrogen) atoms. The Morgan fingerprint density at radius 2 is 1.77 bits per heavy atom. The Labute approximate surface area is 180 Å². The SMILES string of the molecule is CC(=O)NC(C)(C(F)F)[C@H](NC(=O)c1ccc(C#Cc2ccc(N)s2)cc1)C(=O)NO. The number of carbonyl (C=O) groups excluding carboxylic acids is 3. The van der Waals surface area contributed by atoms with Crippen LogP contribution in [0, 0.1) is 11.8 Å². The molecule has 0 aliphatic carbocycles. The van der Waals surface area contributed by atoms with Crippen molar-refractivity contribution in [2.45, 2.75) is 31.9 Å². The first-order chi connectivity index (χ1) is 14.6. The zero-order valence-electron chi connectivity index (χ0n) is 16.5. The van der Waals surface area contributed by atoms with E-state index in [0.717, 1.165) is 18.7 Å². The van der Waals surface area contributed by atoms with Crippen LogP contribution in [0.4, 0.5) is 13.8 Å². The smallest absolute Gasteiger partial charge is 0.268 e. The van der Waals surface area contributed by atoms with Crippen molar-refractivity contribution in [1.82, 2.24) is 16.1 Å². The van der Waals surface area contributed by atoms with Crippen LogP contribution in [-0.4, -0.2) is 40.9 Å². The number of hydroxylamine groups is 1. The second kappa shape index (κ2) is 10.0. The highest BCUT2D eigenvalue weighted by atomic mass is 32.1. The quantitative estimate of drug-likeness (QED) is 0.258. The van der Waals surface area contributed by atoms with Crippen molar-refractivity contribution in [3.63, 3.8) is 0 Å². The van der Waals surface area contributed by atoms with Crippen molar-refractivity contribution in [2.75, 3.05) is 5.73 Å². The number of nitrogen functional groups attached to an aromatic ring is 1. The lowest BCUT2D eigenvalue weighted by molar-refractivity contribution is -0.137. The predicted molar refractivity (Wildman–Crippen MR) is 111 cm³/mol. The van der Waals surface area contributed by atoms with Gasteiger partial charge in [0.05, 0.1) is 9.88 Å². The molecule has 0 saturated heterocycles. The largest absolute Gasteiger partial charge is 0.391 e. The molecular weight excluding hydrogens is 430 g/mol. The Balaban J connectivity index is 2.22. The average Bonchev–Trinajstić information content (AvgIpc) is 3.14. The number of thiophene rings is 1. The molecule has 0 fully saturated rings. The maximum absolute atomic E-state index is 13.7. The van der Waals surface area contributed by atoms with Gasteiger partial charge in [-0.2, -0.15) is 0 Å². The zero-order valence-corrected chi connectivity index (χ0v) is 17.3. The van der Waals surface area contributed by atoms with Crippen LogP contribution in [0.2, 0.25) is 0 Å². The van der Waals surface area contributed by atoms with Gasteiger partial charge in [0.2, 0.25) is 5.91 Å². The van der Waals surface area contributed by atoms with Gasteiger partial charge >= 0.3 is 0 Å². The third-order valence-electron chi connectivity index (χ3n) is 4.25. The van der Waals surface area contributed by atoms with Gasteiger partial charge in [-0.3, -0.25) is 19.6 Å². The lowest BCUT2D eigenvalue weighted by Crippen LogP contribution is -2.68. The van der Waals surface area contributed by atoms with E-state index in [1.165, 1.54) is 28.9 Å². The number of carbonyl (C=O) groups is 3. The molecule has 0 radical (unpaired) electrons. The van der Waals surface area contributed by atoms with Gasteiger partial charge in [-0.15, -0.1) is 11.3 Å². The van der Waals surface area contributed by atoms with Crippen molar-refractivity contribution in [2.24, 2.45) is 0 Å². The molecule has 2 aromatic rings. The summed E-state index contributed by atoms with van der Waals surface area (Å²) < 4.78 is 27.3. The summed E-state index contributed by atoms with van der Waals surface area (Å²) in [7, 11) is 0. The average molecular weight is 450 g/mol. The Bertz CT molecular complexity index is 1030. The second-order valence-electron chi connectivity index (χ2n) is 6.68. The van der Waals surface area contributed by atoms with Crippen LogP contribution in [-0.2, 0) is 9.59 Å². The monoisotopic (exact) mass is 450 g/mol. The van der Waals surface area contributed by atoms with Crippen molar-refractivity contribution >= 4 is 34.1 Å². The van der Waals surface area contributed by atoms with Crippen molar-refractivity contribution in [3.05, 3.63) is 52.4 Å². The Morgan fingerprint density at radius 3 is 2.26 bits per heavy atom. The number of alkyl halides is 2. The lowest BCUT2D eigenvalue weighted by atomic mass is 9.91.